The van der Waals surface area contributed by atoms with Gasteiger partial charge in [-0.05, 0) is 63.5 Å². The third kappa shape index (κ3) is 18.2. The minimum absolute atomic E-state index is 0.265. The van der Waals surface area contributed by atoms with Gasteiger partial charge in [0.25, 0.3) is 0 Å². The molecule has 0 aromatic rings. The van der Waals surface area contributed by atoms with Crippen molar-refractivity contribution >= 4 is 5.97 Å². The second-order valence-electron chi connectivity index (χ2n) is 5.09. The summed E-state index contributed by atoms with van der Waals surface area (Å²) in [7, 11) is 0. The van der Waals surface area contributed by atoms with Crippen LogP contribution in [0.5, 0.6) is 0 Å². The van der Waals surface area contributed by atoms with Crippen molar-refractivity contribution in [3.63, 3.8) is 0 Å². The zero-order valence-corrected chi connectivity index (χ0v) is 13.8. The van der Waals surface area contributed by atoms with Gasteiger partial charge in [0.15, 0.2) is 0 Å². The molecule has 2 heteroatoms. The van der Waals surface area contributed by atoms with Crippen LogP contribution < -0.4 is 0 Å². The van der Waals surface area contributed by atoms with E-state index in [4.69, 9.17) is 5.11 Å². The average molecular weight is 302 g/mol. The molecule has 0 radical (unpaired) electrons. The summed E-state index contributed by atoms with van der Waals surface area (Å²) in [5.74, 6) is -0.711. The molecule has 0 rings (SSSR count). The molecule has 0 amide bonds. The van der Waals surface area contributed by atoms with Crippen LogP contribution in [0.3, 0.4) is 0 Å². The Morgan fingerprint density at radius 3 is 2.27 bits per heavy atom. The number of hydrogen-bond donors (Lipinski definition) is 1. The molecular weight excluding hydrogens is 272 g/mol. The molecule has 1 N–H and O–H groups in total. The van der Waals surface area contributed by atoms with E-state index in [1.54, 1.807) is 0 Å². The molecule has 0 aliphatic rings. The summed E-state index contributed by atoms with van der Waals surface area (Å²) in [5, 5.41) is 8.49. The molecule has 0 aliphatic carbocycles. The molecule has 0 atom stereocenters. The van der Waals surface area contributed by atoms with Crippen LogP contribution in [0.25, 0.3) is 0 Å². The Morgan fingerprint density at radius 2 is 1.55 bits per heavy atom. The average Bonchev–Trinajstić information content (AvgIpc) is 2.50. The molecule has 22 heavy (non-hydrogen) atoms. The van der Waals surface area contributed by atoms with Gasteiger partial charge in [-0.15, -0.1) is 5.73 Å². The van der Waals surface area contributed by atoms with Crippen molar-refractivity contribution in [2.45, 2.75) is 64.7 Å². The van der Waals surface area contributed by atoms with Gasteiger partial charge in [0.2, 0.25) is 0 Å². The van der Waals surface area contributed by atoms with Crippen molar-refractivity contribution in [2.75, 3.05) is 0 Å². The van der Waals surface area contributed by atoms with Crippen molar-refractivity contribution in [3.05, 3.63) is 54.3 Å². The van der Waals surface area contributed by atoms with Gasteiger partial charge >= 0.3 is 5.97 Å². The van der Waals surface area contributed by atoms with Gasteiger partial charge < -0.3 is 5.11 Å². The fraction of sp³-hybridized carbons (Fsp3) is 0.500. The second-order valence-corrected chi connectivity index (χ2v) is 5.09. The van der Waals surface area contributed by atoms with Crippen molar-refractivity contribution in [1.29, 1.82) is 0 Å². The lowest BCUT2D eigenvalue weighted by Crippen LogP contribution is -1.92. The van der Waals surface area contributed by atoms with Crippen LogP contribution in [0.2, 0.25) is 0 Å². The number of allylic oxidation sites excluding steroid dienone is 7. The monoisotopic (exact) mass is 302 g/mol. The van der Waals surface area contributed by atoms with Gasteiger partial charge in [0.05, 0.1) is 0 Å². The summed E-state index contributed by atoms with van der Waals surface area (Å²) in [6.45, 7) is 2.14. The van der Waals surface area contributed by atoms with Gasteiger partial charge in [-0.25, -0.2) is 0 Å². The molecule has 0 aliphatic heterocycles. The highest BCUT2D eigenvalue weighted by Crippen LogP contribution is 2.01. The third-order valence-electron chi connectivity index (χ3n) is 2.98. The zero-order valence-electron chi connectivity index (χ0n) is 13.8. The molecular formula is C20H30O2. The first-order valence-corrected chi connectivity index (χ1v) is 8.33. The standard InChI is InChI=1S/C20H30O2/c1-2-3-4-5-6-7-8-9-10-11-12-13-14-15-16-17-18-19-20(21)22/h3-4,6-7,9,11,15-16H,2,5,8,12-14,17-19H2,1H3,(H,21,22)/b4-3+,7-6+,16-15+. The summed E-state index contributed by atoms with van der Waals surface area (Å²) in [4.78, 5) is 10.3. The van der Waals surface area contributed by atoms with Crippen molar-refractivity contribution in [3.8, 4) is 0 Å². The molecule has 0 unspecified atom stereocenters. The molecule has 2 nitrogen and oxygen atoms in total. The SMILES string of the molecule is CC/C=C/C/C=C/CC=C=CCCC/C=C/CCCC(=O)O. The molecule has 122 valence electrons. The van der Waals surface area contributed by atoms with E-state index in [1.807, 2.05) is 0 Å². The molecule has 0 spiro atoms. The lowest BCUT2D eigenvalue weighted by atomic mass is 10.2. The Morgan fingerprint density at radius 1 is 0.864 bits per heavy atom. The predicted molar refractivity (Wildman–Crippen MR) is 94.9 cm³/mol. The van der Waals surface area contributed by atoms with Crippen LogP contribution in [0.4, 0.5) is 0 Å². The molecule has 0 saturated carbocycles. The fourth-order valence-electron chi connectivity index (χ4n) is 1.78. The smallest absolute Gasteiger partial charge is 0.303 e. The summed E-state index contributed by atoms with van der Waals surface area (Å²) in [6, 6.07) is 0. The number of hydrogen-bond acceptors (Lipinski definition) is 1. The topological polar surface area (TPSA) is 37.3 Å². The Labute approximate surface area is 135 Å². The first-order chi connectivity index (χ1) is 10.8. The minimum Gasteiger partial charge on any atom is -0.481 e. The van der Waals surface area contributed by atoms with E-state index in [9.17, 15) is 4.79 Å². The summed E-state index contributed by atoms with van der Waals surface area (Å²) < 4.78 is 0. The van der Waals surface area contributed by atoms with Gasteiger partial charge in [-0.1, -0.05) is 43.4 Å². The van der Waals surface area contributed by atoms with Crippen molar-refractivity contribution < 1.29 is 9.90 Å². The predicted octanol–water partition coefficient (Wildman–Crippen LogP) is 5.98. The first kappa shape index (κ1) is 20.2. The van der Waals surface area contributed by atoms with E-state index < -0.39 is 5.97 Å². The molecule has 0 bridgehead atoms. The molecule has 0 aromatic carbocycles. The molecule has 0 heterocycles. The van der Waals surface area contributed by atoms with E-state index in [2.05, 4.69) is 61.3 Å². The van der Waals surface area contributed by atoms with E-state index in [0.29, 0.717) is 0 Å². The van der Waals surface area contributed by atoms with Gasteiger partial charge in [-0.2, -0.15) is 0 Å². The van der Waals surface area contributed by atoms with Crippen LogP contribution in [-0.4, -0.2) is 11.1 Å². The Bertz CT molecular complexity index is 407. The Balaban J connectivity index is 3.46. The first-order valence-electron chi connectivity index (χ1n) is 8.33. The van der Waals surface area contributed by atoms with Gasteiger partial charge in [-0.3, -0.25) is 4.79 Å². The quantitative estimate of drug-likeness (QED) is 0.258. The van der Waals surface area contributed by atoms with Crippen LogP contribution in [0.1, 0.15) is 64.7 Å². The largest absolute Gasteiger partial charge is 0.481 e. The number of carboxylic acid groups (broad SMARTS) is 1. The summed E-state index contributed by atoms with van der Waals surface area (Å²) in [5.41, 5.74) is 3.20. The van der Waals surface area contributed by atoms with Crippen LogP contribution >= 0.6 is 0 Å². The third-order valence-corrected chi connectivity index (χ3v) is 2.98. The normalized spacial score (nSPS) is 11.3. The maximum Gasteiger partial charge on any atom is 0.303 e. The zero-order chi connectivity index (χ0) is 16.3. The second kappa shape index (κ2) is 17.3. The van der Waals surface area contributed by atoms with Gasteiger partial charge in [0, 0.05) is 6.42 Å². The highest BCUT2D eigenvalue weighted by molar-refractivity contribution is 5.66. The molecule has 0 saturated heterocycles. The maximum atomic E-state index is 10.3. The Kier molecular flexibility index (Phi) is 15.9. The summed E-state index contributed by atoms with van der Waals surface area (Å²) in [6.07, 6.45) is 25.2. The fourth-order valence-corrected chi connectivity index (χ4v) is 1.78. The number of aliphatic carboxylic acids is 1. The molecule has 0 aromatic heterocycles. The summed E-state index contributed by atoms with van der Waals surface area (Å²) >= 11 is 0. The van der Waals surface area contributed by atoms with E-state index in [-0.39, 0.29) is 6.42 Å². The van der Waals surface area contributed by atoms with E-state index in [0.717, 1.165) is 51.4 Å². The molecule has 0 fully saturated rings. The number of carbonyl (C=O) groups is 1. The van der Waals surface area contributed by atoms with E-state index >= 15 is 0 Å². The van der Waals surface area contributed by atoms with E-state index in [1.165, 1.54) is 0 Å². The van der Waals surface area contributed by atoms with Crippen molar-refractivity contribution in [1.82, 2.24) is 0 Å². The number of rotatable bonds is 13. The van der Waals surface area contributed by atoms with Crippen molar-refractivity contribution in [2.24, 2.45) is 0 Å². The number of carboxylic acids is 1. The highest BCUT2D eigenvalue weighted by Gasteiger charge is 1.92. The lowest BCUT2D eigenvalue weighted by molar-refractivity contribution is -0.137. The number of unbranched alkanes of at least 4 members (excludes halogenated alkanes) is 3. The Hall–Kier alpha value is -1.79. The van der Waals surface area contributed by atoms with Crippen LogP contribution in [0.15, 0.2) is 54.3 Å². The van der Waals surface area contributed by atoms with Gasteiger partial charge in [0.1, 0.15) is 0 Å². The highest BCUT2D eigenvalue weighted by atomic mass is 16.4. The van der Waals surface area contributed by atoms with Crippen LogP contribution in [-0.2, 0) is 4.79 Å². The minimum atomic E-state index is -0.711. The lowest BCUT2D eigenvalue weighted by Gasteiger charge is -1.91. The van der Waals surface area contributed by atoms with Crippen LogP contribution in [0, 0.1) is 0 Å². The maximum absolute atomic E-state index is 10.3.